The van der Waals surface area contributed by atoms with Crippen LogP contribution in [0.2, 0.25) is 5.02 Å². The average Bonchev–Trinajstić information content (AvgIpc) is 2.99. The van der Waals surface area contributed by atoms with Crippen molar-refractivity contribution in [3.63, 3.8) is 0 Å². The summed E-state index contributed by atoms with van der Waals surface area (Å²) < 4.78 is 13.4. The highest BCUT2D eigenvalue weighted by atomic mass is 35.5. The zero-order chi connectivity index (χ0) is 21.4. The Labute approximate surface area is 176 Å². The molecule has 0 bridgehead atoms. The van der Waals surface area contributed by atoms with Crippen molar-refractivity contribution in [2.75, 3.05) is 4.90 Å². The molecule has 30 heavy (non-hydrogen) atoms. The molecule has 0 saturated carbocycles. The summed E-state index contributed by atoms with van der Waals surface area (Å²) in [5.74, 6) is -2.74. The van der Waals surface area contributed by atoms with E-state index in [2.05, 4.69) is 0 Å². The smallest absolute Gasteiger partial charge is 0.300 e. The number of hydrogen-bond donors (Lipinski definition) is 2. The number of carbonyl (C=O) groups excluding carboxylic acids is 2. The maximum Gasteiger partial charge on any atom is 0.300 e. The molecule has 1 aliphatic rings. The van der Waals surface area contributed by atoms with Crippen molar-refractivity contribution < 1.29 is 24.2 Å². The number of rotatable bonds is 3. The minimum absolute atomic E-state index is 0.0695. The molecule has 1 saturated heterocycles. The molecule has 1 fully saturated rings. The topological polar surface area (TPSA) is 77.8 Å². The van der Waals surface area contributed by atoms with Crippen LogP contribution in [0, 0.1) is 5.82 Å². The van der Waals surface area contributed by atoms with Crippen molar-refractivity contribution in [3.8, 4) is 5.75 Å². The fourth-order valence-corrected chi connectivity index (χ4v) is 3.69. The van der Waals surface area contributed by atoms with Gasteiger partial charge in [-0.3, -0.25) is 14.5 Å². The molecule has 0 aliphatic carbocycles. The zero-order valence-corrected chi connectivity index (χ0v) is 16.2. The number of benzene rings is 3. The number of phenolic OH excluding ortho intramolecular Hbond substituents is 1. The number of phenols is 1. The predicted octanol–water partition coefficient (Wildman–Crippen LogP) is 4.81. The molecule has 4 rings (SSSR count). The van der Waals surface area contributed by atoms with Gasteiger partial charge in [0.25, 0.3) is 11.7 Å². The van der Waals surface area contributed by atoms with Crippen LogP contribution in [0.5, 0.6) is 5.75 Å². The Morgan fingerprint density at radius 1 is 0.967 bits per heavy atom. The maximum absolute atomic E-state index is 13.4. The van der Waals surface area contributed by atoms with E-state index in [0.717, 1.165) is 0 Å². The van der Waals surface area contributed by atoms with Crippen LogP contribution in [-0.2, 0) is 9.59 Å². The first-order chi connectivity index (χ1) is 14.4. The number of hydrogen-bond acceptors (Lipinski definition) is 4. The van der Waals surface area contributed by atoms with Crippen LogP contribution >= 0.6 is 11.6 Å². The number of ketones is 1. The van der Waals surface area contributed by atoms with Crippen molar-refractivity contribution in [3.05, 3.63) is 100 Å². The number of carbonyl (C=O) groups is 2. The van der Waals surface area contributed by atoms with Crippen LogP contribution in [0.15, 0.2) is 78.4 Å². The van der Waals surface area contributed by atoms with Gasteiger partial charge in [-0.05, 0) is 54.1 Å². The van der Waals surface area contributed by atoms with Gasteiger partial charge in [0.05, 0.1) is 11.6 Å². The van der Waals surface area contributed by atoms with Gasteiger partial charge in [-0.25, -0.2) is 4.39 Å². The van der Waals surface area contributed by atoms with Gasteiger partial charge in [-0.15, -0.1) is 0 Å². The highest BCUT2D eigenvalue weighted by Gasteiger charge is 2.47. The van der Waals surface area contributed by atoms with Crippen molar-refractivity contribution >= 4 is 34.7 Å². The molecule has 2 N–H and O–H groups in total. The van der Waals surface area contributed by atoms with Crippen molar-refractivity contribution in [2.24, 2.45) is 0 Å². The number of halogens is 2. The summed E-state index contributed by atoms with van der Waals surface area (Å²) in [6.45, 7) is 0. The molecule has 0 radical (unpaired) electrons. The van der Waals surface area contributed by atoms with E-state index in [1.54, 1.807) is 30.3 Å². The SMILES string of the molecule is O=C1C(=O)N(c2ccc(F)cc2)C(c2cccc(O)c2)/C1=C(/O)c1cccc(Cl)c1. The minimum atomic E-state index is -1.03. The normalized spacial score (nSPS) is 18.1. The molecule has 5 nitrogen and oxygen atoms in total. The molecular formula is C23H15ClFNO4. The molecule has 3 aromatic rings. The Bertz CT molecular complexity index is 1190. The number of aliphatic hydroxyl groups is 1. The first-order valence-corrected chi connectivity index (χ1v) is 9.36. The van der Waals surface area contributed by atoms with Gasteiger partial charge >= 0.3 is 0 Å². The van der Waals surface area contributed by atoms with E-state index in [-0.39, 0.29) is 22.6 Å². The van der Waals surface area contributed by atoms with Crippen LogP contribution < -0.4 is 4.90 Å². The fourth-order valence-electron chi connectivity index (χ4n) is 3.50. The lowest BCUT2D eigenvalue weighted by atomic mass is 9.95. The van der Waals surface area contributed by atoms with Crippen molar-refractivity contribution in [1.29, 1.82) is 0 Å². The molecule has 7 heteroatoms. The molecular weight excluding hydrogens is 409 g/mol. The number of nitrogens with zero attached hydrogens (tertiary/aromatic N) is 1. The third kappa shape index (κ3) is 3.42. The number of Topliss-reactive ketones (excluding diaryl/α,β-unsaturated/α-hetero) is 1. The molecule has 0 aromatic heterocycles. The van der Waals surface area contributed by atoms with Crippen LogP contribution in [0.3, 0.4) is 0 Å². The van der Waals surface area contributed by atoms with E-state index in [1.165, 1.54) is 47.4 Å². The van der Waals surface area contributed by atoms with E-state index >= 15 is 0 Å². The lowest BCUT2D eigenvalue weighted by molar-refractivity contribution is -0.132. The molecule has 150 valence electrons. The lowest BCUT2D eigenvalue weighted by Crippen LogP contribution is -2.29. The second-order valence-corrected chi connectivity index (χ2v) is 7.19. The monoisotopic (exact) mass is 423 g/mol. The summed E-state index contributed by atoms with van der Waals surface area (Å²) in [4.78, 5) is 27.0. The van der Waals surface area contributed by atoms with E-state index < -0.39 is 29.3 Å². The van der Waals surface area contributed by atoms with Gasteiger partial charge < -0.3 is 10.2 Å². The average molecular weight is 424 g/mol. The lowest BCUT2D eigenvalue weighted by Gasteiger charge is -2.25. The standard InChI is InChI=1S/C23H15ClFNO4/c24-15-5-1-4-14(11-15)21(28)19-20(13-3-2-6-18(27)12-13)26(23(30)22(19)29)17-9-7-16(25)8-10-17/h1-12,20,27-28H/b21-19-. The first-order valence-electron chi connectivity index (χ1n) is 8.98. The molecule has 3 aromatic carbocycles. The van der Waals surface area contributed by atoms with Gasteiger partial charge in [0.2, 0.25) is 0 Å². The molecule has 1 aliphatic heterocycles. The highest BCUT2D eigenvalue weighted by Crippen LogP contribution is 2.42. The Hall–Kier alpha value is -3.64. The summed E-state index contributed by atoms with van der Waals surface area (Å²) in [5, 5.41) is 21.2. The summed E-state index contributed by atoms with van der Waals surface area (Å²) in [6, 6.07) is 16.4. The number of aromatic hydroxyl groups is 1. The number of amides is 1. The van der Waals surface area contributed by atoms with Crippen molar-refractivity contribution in [2.45, 2.75) is 6.04 Å². The fraction of sp³-hybridized carbons (Fsp3) is 0.0435. The number of anilines is 1. The minimum Gasteiger partial charge on any atom is -0.508 e. The molecule has 1 heterocycles. The summed E-state index contributed by atoms with van der Waals surface area (Å²) in [5.41, 5.74) is 0.793. The van der Waals surface area contributed by atoms with Crippen LogP contribution in [-0.4, -0.2) is 21.9 Å². The van der Waals surface area contributed by atoms with E-state index in [9.17, 15) is 24.2 Å². The van der Waals surface area contributed by atoms with Gasteiger partial charge in [0, 0.05) is 16.3 Å². The Morgan fingerprint density at radius 3 is 2.33 bits per heavy atom. The second kappa shape index (κ2) is 7.65. The van der Waals surface area contributed by atoms with Crippen LogP contribution in [0.4, 0.5) is 10.1 Å². The first kappa shape index (κ1) is 19.7. The summed E-state index contributed by atoms with van der Waals surface area (Å²) in [7, 11) is 0. The van der Waals surface area contributed by atoms with Crippen molar-refractivity contribution in [1.82, 2.24) is 0 Å². The largest absolute Gasteiger partial charge is 0.508 e. The van der Waals surface area contributed by atoms with Gasteiger partial charge in [-0.1, -0.05) is 35.9 Å². The Morgan fingerprint density at radius 2 is 1.67 bits per heavy atom. The quantitative estimate of drug-likeness (QED) is 0.360. The zero-order valence-electron chi connectivity index (χ0n) is 15.4. The van der Waals surface area contributed by atoms with Gasteiger partial charge in [0.1, 0.15) is 17.3 Å². The summed E-state index contributed by atoms with van der Waals surface area (Å²) >= 11 is 6.01. The molecule has 1 unspecified atom stereocenters. The van der Waals surface area contributed by atoms with E-state index in [0.29, 0.717) is 10.6 Å². The molecule has 1 atom stereocenters. The molecule has 0 spiro atoms. The van der Waals surface area contributed by atoms with Gasteiger partial charge in [0.15, 0.2) is 0 Å². The maximum atomic E-state index is 13.4. The highest BCUT2D eigenvalue weighted by molar-refractivity contribution is 6.51. The summed E-state index contributed by atoms with van der Waals surface area (Å²) in [6.07, 6.45) is 0. The van der Waals surface area contributed by atoms with E-state index in [4.69, 9.17) is 11.6 Å². The Balaban J connectivity index is 1.96. The van der Waals surface area contributed by atoms with Crippen LogP contribution in [0.25, 0.3) is 5.76 Å². The third-order valence-electron chi connectivity index (χ3n) is 4.83. The Kier molecular flexibility index (Phi) is 5.01. The third-order valence-corrected chi connectivity index (χ3v) is 5.07. The predicted molar refractivity (Wildman–Crippen MR) is 111 cm³/mol. The number of aliphatic hydroxyl groups excluding tert-OH is 1. The van der Waals surface area contributed by atoms with Crippen LogP contribution in [0.1, 0.15) is 17.2 Å². The second-order valence-electron chi connectivity index (χ2n) is 6.75. The van der Waals surface area contributed by atoms with Gasteiger partial charge in [-0.2, -0.15) is 0 Å². The van der Waals surface area contributed by atoms with E-state index in [1.807, 2.05) is 0 Å². The molecule has 1 amide bonds.